The summed E-state index contributed by atoms with van der Waals surface area (Å²) in [5, 5.41) is 6.87. The third-order valence-electron chi connectivity index (χ3n) is 5.76. The van der Waals surface area contributed by atoms with Gasteiger partial charge in [0, 0.05) is 35.9 Å². The lowest BCUT2D eigenvalue weighted by Crippen LogP contribution is -2.38. The van der Waals surface area contributed by atoms with Gasteiger partial charge in [0.25, 0.3) is 0 Å². The number of nitrogens with one attached hydrogen (secondary N) is 4. The van der Waals surface area contributed by atoms with E-state index in [4.69, 9.17) is 11.6 Å². The number of hydrogen-bond donors (Lipinski definition) is 4. The van der Waals surface area contributed by atoms with Crippen molar-refractivity contribution in [3.8, 4) is 0 Å². The normalized spacial score (nSPS) is 16.5. The minimum atomic E-state index is -0.421. The maximum atomic E-state index is 13.9. The largest absolute Gasteiger partial charge is 0.324 e. The van der Waals surface area contributed by atoms with E-state index in [1.54, 1.807) is 24.3 Å². The molecule has 0 spiro atoms. The van der Waals surface area contributed by atoms with Crippen LogP contribution in [-0.2, 0) is 16.6 Å². The van der Waals surface area contributed by atoms with Crippen molar-refractivity contribution in [3.63, 3.8) is 0 Å². The molecule has 8 nitrogen and oxygen atoms in total. The summed E-state index contributed by atoms with van der Waals surface area (Å²) in [4.78, 5) is 41.6. The van der Waals surface area contributed by atoms with Crippen molar-refractivity contribution in [1.82, 2.24) is 15.8 Å². The molecular weight excluding hydrogens is 486 g/mol. The van der Waals surface area contributed by atoms with Gasteiger partial charge >= 0.3 is 6.03 Å². The molecule has 0 saturated carbocycles. The van der Waals surface area contributed by atoms with E-state index >= 15 is 0 Å². The number of Topliss-reactive ketones (excluding diaryl/α,β-unsaturated/α-hetero) is 1. The molecule has 0 radical (unpaired) electrons. The number of para-hydroxylation sites is 1. The van der Waals surface area contributed by atoms with E-state index in [9.17, 15) is 14.4 Å². The maximum absolute atomic E-state index is 13.9. The Morgan fingerprint density at radius 1 is 1.20 bits per heavy atom. The first-order valence-corrected chi connectivity index (χ1v) is 12.9. The number of likely N-dealkylation sites (N-methyl/N-ethyl adjacent to an activating group) is 1. The zero-order valence-electron chi connectivity index (χ0n) is 20.9. The van der Waals surface area contributed by atoms with Crippen LogP contribution >= 0.6 is 22.9 Å². The molecule has 1 aliphatic heterocycles. The van der Waals surface area contributed by atoms with Gasteiger partial charge in [0.1, 0.15) is 5.00 Å². The van der Waals surface area contributed by atoms with Gasteiger partial charge in [0.2, 0.25) is 5.91 Å². The summed E-state index contributed by atoms with van der Waals surface area (Å²) in [6.45, 7) is 7.28. The van der Waals surface area contributed by atoms with Crippen LogP contribution in [0.1, 0.15) is 54.4 Å². The van der Waals surface area contributed by atoms with Gasteiger partial charge in [0.15, 0.2) is 5.78 Å². The van der Waals surface area contributed by atoms with Gasteiger partial charge < -0.3 is 10.2 Å². The van der Waals surface area contributed by atoms with Crippen LogP contribution in [0.4, 0.5) is 15.5 Å². The highest BCUT2D eigenvalue weighted by Gasteiger charge is 2.34. The lowest BCUT2D eigenvalue weighted by atomic mass is 9.84. The second-order valence-electron chi connectivity index (χ2n) is 10.0. The Morgan fingerprint density at radius 2 is 1.91 bits per heavy atom. The number of carbonyl (C=O) groups excluding carboxylic acids is 3. The van der Waals surface area contributed by atoms with Crippen LogP contribution in [-0.4, -0.2) is 49.8 Å². The van der Waals surface area contributed by atoms with Crippen molar-refractivity contribution < 1.29 is 14.4 Å². The third-order valence-corrected chi connectivity index (χ3v) is 7.66. The van der Waals surface area contributed by atoms with Crippen LogP contribution in [0.25, 0.3) is 0 Å². The Labute approximate surface area is 215 Å². The van der Waals surface area contributed by atoms with Crippen LogP contribution in [0.5, 0.6) is 0 Å². The van der Waals surface area contributed by atoms with E-state index in [1.165, 1.54) is 11.3 Å². The Hall–Kier alpha value is -2.46. The fourth-order valence-electron chi connectivity index (χ4n) is 3.92. The minimum Gasteiger partial charge on any atom is -0.309 e. The predicted molar refractivity (Wildman–Crippen MR) is 143 cm³/mol. The van der Waals surface area contributed by atoms with Crippen molar-refractivity contribution in [2.45, 2.75) is 45.4 Å². The number of nitrogens with zero attached hydrogens (tertiary/aromatic N) is 1. The van der Waals surface area contributed by atoms with E-state index in [0.717, 1.165) is 10.4 Å². The van der Waals surface area contributed by atoms with Crippen LogP contribution < -0.4 is 21.5 Å². The average molecular weight is 520 g/mol. The molecule has 190 valence electrons. The first kappa shape index (κ1) is 27.1. The van der Waals surface area contributed by atoms with Crippen LogP contribution in [0.3, 0.4) is 0 Å². The average Bonchev–Trinajstić information content (AvgIpc) is 2.99. The molecule has 1 aliphatic rings. The van der Waals surface area contributed by atoms with Gasteiger partial charge in [-0.2, -0.15) is 0 Å². The Bertz CT molecular complexity index is 1090. The number of hydrazine groups is 1. The zero-order chi connectivity index (χ0) is 25.8. The second kappa shape index (κ2) is 11.5. The highest BCUT2D eigenvalue weighted by molar-refractivity contribution is 7.17. The highest BCUT2D eigenvalue weighted by Crippen LogP contribution is 2.42. The van der Waals surface area contributed by atoms with E-state index < -0.39 is 6.03 Å². The summed E-state index contributed by atoms with van der Waals surface area (Å²) in [6.07, 6.45) is 1.36. The van der Waals surface area contributed by atoms with Crippen molar-refractivity contribution in [3.05, 3.63) is 45.3 Å². The summed E-state index contributed by atoms with van der Waals surface area (Å²) in [7, 11) is 3.95. The lowest BCUT2D eigenvalue weighted by Gasteiger charge is -2.22. The molecule has 2 heterocycles. The molecule has 1 unspecified atom stereocenters. The number of amides is 3. The molecule has 1 atom stereocenters. The van der Waals surface area contributed by atoms with Crippen molar-refractivity contribution in [1.29, 1.82) is 0 Å². The standard InChI is InChI=1S/C25H34ClN5O3S/c1-25(2,3)22-20(21(33)15-10-11-19(32)30-27-14-15)16(12-13-31(4)5)23(35-22)29-24(34)28-18-9-7-6-8-17(18)26/h6-9,15,27H,10-14H2,1-5H3,(H,30,32)(H2,28,29,34). The number of thiophene rings is 1. The molecule has 0 aliphatic carbocycles. The van der Waals surface area contributed by atoms with Crippen molar-refractivity contribution >= 4 is 51.3 Å². The molecule has 3 amide bonds. The molecule has 1 aromatic heterocycles. The lowest BCUT2D eigenvalue weighted by molar-refractivity contribution is -0.121. The first-order valence-electron chi connectivity index (χ1n) is 11.7. The van der Waals surface area contributed by atoms with Crippen molar-refractivity contribution in [2.75, 3.05) is 37.8 Å². The van der Waals surface area contributed by atoms with Gasteiger partial charge in [-0.15, -0.1) is 11.3 Å². The number of benzene rings is 1. The molecule has 10 heteroatoms. The van der Waals surface area contributed by atoms with E-state index in [2.05, 4.69) is 42.3 Å². The number of rotatable bonds is 7. The van der Waals surface area contributed by atoms with E-state index in [0.29, 0.717) is 47.2 Å². The molecule has 0 bridgehead atoms. The molecule has 1 aromatic carbocycles. The molecule has 1 fully saturated rings. The fraction of sp³-hybridized carbons (Fsp3) is 0.480. The topological polar surface area (TPSA) is 103 Å². The van der Waals surface area contributed by atoms with Gasteiger partial charge in [-0.3, -0.25) is 20.3 Å². The summed E-state index contributed by atoms with van der Waals surface area (Å²) < 4.78 is 0. The van der Waals surface area contributed by atoms with Gasteiger partial charge in [-0.05, 0) is 50.0 Å². The Morgan fingerprint density at radius 3 is 2.57 bits per heavy atom. The Kier molecular flexibility index (Phi) is 8.93. The minimum absolute atomic E-state index is 0.00323. The number of urea groups is 1. The number of hydrogen-bond acceptors (Lipinski definition) is 6. The second-order valence-corrected chi connectivity index (χ2v) is 11.4. The van der Waals surface area contributed by atoms with E-state index in [-0.39, 0.29) is 29.4 Å². The quantitative estimate of drug-likeness (QED) is 0.398. The summed E-state index contributed by atoms with van der Waals surface area (Å²) >= 11 is 7.64. The monoisotopic (exact) mass is 519 g/mol. The molecule has 4 N–H and O–H groups in total. The van der Waals surface area contributed by atoms with Crippen LogP contribution in [0.2, 0.25) is 5.02 Å². The smallest absolute Gasteiger partial charge is 0.309 e. The molecule has 2 aromatic rings. The summed E-state index contributed by atoms with van der Waals surface area (Å²) in [5.41, 5.74) is 7.19. The fourth-order valence-corrected chi connectivity index (χ4v) is 5.41. The number of anilines is 2. The molecule has 3 rings (SSSR count). The number of carbonyl (C=O) groups is 3. The predicted octanol–water partition coefficient (Wildman–Crippen LogP) is 4.66. The van der Waals surface area contributed by atoms with Gasteiger partial charge in [-0.25, -0.2) is 10.2 Å². The van der Waals surface area contributed by atoms with Crippen LogP contribution in [0.15, 0.2) is 24.3 Å². The third kappa shape index (κ3) is 7.04. The molecule has 1 saturated heterocycles. The maximum Gasteiger partial charge on any atom is 0.324 e. The van der Waals surface area contributed by atoms with Crippen LogP contribution in [0, 0.1) is 5.92 Å². The van der Waals surface area contributed by atoms with Crippen molar-refractivity contribution in [2.24, 2.45) is 5.92 Å². The molecule has 35 heavy (non-hydrogen) atoms. The summed E-state index contributed by atoms with van der Waals surface area (Å²) in [5.74, 6) is -0.454. The molecular formula is C25H34ClN5O3S. The first-order chi connectivity index (χ1) is 16.5. The summed E-state index contributed by atoms with van der Waals surface area (Å²) in [6, 6.07) is 6.61. The highest BCUT2D eigenvalue weighted by atomic mass is 35.5. The van der Waals surface area contributed by atoms with Gasteiger partial charge in [0.05, 0.1) is 10.7 Å². The zero-order valence-corrected chi connectivity index (χ0v) is 22.5. The van der Waals surface area contributed by atoms with Gasteiger partial charge in [-0.1, -0.05) is 44.5 Å². The Balaban J connectivity index is 2.00. The SMILES string of the molecule is CN(C)CCc1c(NC(=O)Nc2ccccc2Cl)sc(C(C)(C)C)c1C(=O)C1CCC(=O)NNC1. The number of halogens is 1. The number of ketones is 1. The van der Waals surface area contributed by atoms with E-state index in [1.807, 2.05) is 19.0 Å².